The van der Waals surface area contributed by atoms with Gasteiger partial charge in [-0.2, -0.15) is 0 Å². The lowest BCUT2D eigenvalue weighted by Gasteiger charge is -2.08. The highest BCUT2D eigenvalue weighted by Crippen LogP contribution is 2.06. The quantitative estimate of drug-likeness (QED) is 0.451. The minimum Gasteiger partial charge on any atom is -0.466 e. The molecule has 0 unspecified atom stereocenters. The van der Waals surface area contributed by atoms with Crippen LogP contribution in [0.3, 0.4) is 0 Å². The van der Waals surface area contributed by atoms with Crippen LogP contribution in [0, 0.1) is 0 Å². The number of esters is 4. The van der Waals surface area contributed by atoms with E-state index in [-0.39, 0.29) is 49.6 Å². The average molecular weight is 400 g/mol. The second kappa shape index (κ2) is 15.9. The topological polar surface area (TPSA) is 105 Å². The number of ether oxygens (including phenoxy) is 4. The van der Waals surface area contributed by atoms with Crippen LogP contribution in [0.25, 0.3) is 0 Å². The van der Waals surface area contributed by atoms with Crippen LogP contribution in [0.1, 0.15) is 77.0 Å². The minimum atomic E-state index is -0.283. The maximum absolute atomic E-state index is 11.6. The second-order valence-electron chi connectivity index (χ2n) is 6.71. The van der Waals surface area contributed by atoms with Crippen molar-refractivity contribution in [3.8, 4) is 0 Å². The molecule has 1 rings (SSSR count). The van der Waals surface area contributed by atoms with Gasteiger partial charge < -0.3 is 18.9 Å². The molecular formula is C20H32O8. The van der Waals surface area contributed by atoms with Gasteiger partial charge in [-0.25, -0.2) is 0 Å². The third-order valence-corrected chi connectivity index (χ3v) is 4.15. The monoisotopic (exact) mass is 400 g/mol. The van der Waals surface area contributed by atoms with Gasteiger partial charge in [-0.05, 0) is 51.4 Å². The van der Waals surface area contributed by atoms with Crippen molar-refractivity contribution >= 4 is 23.9 Å². The predicted molar refractivity (Wildman–Crippen MR) is 99.2 cm³/mol. The van der Waals surface area contributed by atoms with E-state index in [4.69, 9.17) is 18.9 Å². The standard InChI is InChI=1S/C20H32O8/c21-17-9-1-2-10-18(22)26-14-7-8-16-28-20(24)12-4-3-11-19(23)27-15-6-5-13-25-17/h1-16H2. The molecule has 160 valence electrons. The van der Waals surface area contributed by atoms with Crippen LogP contribution in [0.4, 0.5) is 0 Å². The van der Waals surface area contributed by atoms with Crippen molar-refractivity contribution < 1.29 is 38.1 Å². The molecule has 0 aromatic rings. The van der Waals surface area contributed by atoms with Crippen LogP contribution in [0.5, 0.6) is 0 Å². The van der Waals surface area contributed by atoms with E-state index in [1.807, 2.05) is 0 Å². The summed E-state index contributed by atoms with van der Waals surface area (Å²) in [5.41, 5.74) is 0. The molecule has 0 atom stereocenters. The van der Waals surface area contributed by atoms with Gasteiger partial charge in [0.2, 0.25) is 0 Å². The van der Waals surface area contributed by atoms with Crippen molar-refractivity contribution in [2.45, 2.75) is 77.0 Å². The molecule has 8 nitrogen and oxygen atoms in total. The molecular weight excluding hydrogens is 368 g/mol. The number of rotatable bonds is 0. The summed E-state index contributed by atoms with van der Waals surface area (Å²) in [6.07, 6.45) is 5.86. The number of cyclic esters (lactones) is 4. The first kappa shape index (κ1) is 23.9. The molecule has 0 bridgehead atoms. The molecule has 0 aromatic heterocycles. The lowest BCUT2D eigenvalue weighted by Crippen LogP contribution is -2.11. The van der Waals surface area contributed by atoms with E-state index in [9.17, 15) is 19.2 Å². The van der Waals surface area contributed by atoms with Crippen molar-refractivity contribution in [1.82, 2.24) is 0 Å². The van der Waals surface area contributed by atoms with Crippen LogP contribution in [0.2, 0.25) is 0 Å². The van der Waals surface area contributed by atoms with Gasteiger partial charge in [0.1, 0.15) is 0 Å². The number of carbonyl (C=O) groups is 4. The first-order chi connectivity index (χ1) is 13.6. The Balaban J connectivity index is 2.29. The molecule has 1 aliphatic rings. The van der Waals surface area contributed by atoms with E-state index in [2.05, 4.69) is 0 Å². The van der Waals surface area contributed by atoms with E-state index in [0.29, 0.717) is 77.8 Å². The Hall–Kier alpha value is -2.12. The van der Waals surface area contributed by atoms with Crippen molar-refractivity contribution in [3.05, 3.63) is 0 Å². The Bertz CT molecular complexity index is 401. The Morgan fingerprint density at radius 3 is 0.786 bits per heavy atom. The SMILES string of the molecule is O=C1CCCCC(=O)OCCCCOC(=O)CCCCC(=O)OCCCCO1. The van der Waals surface area contributed by atoms with E-state index in [1.54, 1.807) is 0 Å². The molecule has 0 spiro atoms. The van der Waals surface area contributed by atoms with E-state index < -0.39 is 0 Å². The maximum atomic E-state index is 11.6. The van der Waals surface area contributed by atoms with Crippen LogP contribution in [0.15, 0.2) is 0 Å². The van der Waals surface area contributed by atoms with Crippen molar-refractivity contribution in [1.29, 1.82) is 0 Å². The fourth-order valence-electron chi connectivity index (χ4n) is 2.52. The third kappa shape index (κ3) is 14.0. The van der Waals surface area contributed by atoms with Crippen LogP contribution >= 0.6 is 0 Å². The highest BCUT2D eigenvalue weighted by atomic mass is 16.5. The molecule has 1 heterocycles. The molecule has 0 N–H and O–H groups in total. The largest absolute Gasteiger partial charge is 0.466 e. The lowest BCUT2D eigenvalue weighted by atomic mass is 10.2. The Morgan fingerprint density at radius 1 is 0.357 bits per heavy atom. The van der Waals surface area contributed by atoms with Gasteiger partial charge in [-0.1, -0.05) is 0 Å². The van der Waals surface area contributed by atoms with Gasteiger partial charge in [0.15, 0.2) is 0 Å². The Labute approximate surface area is 166 Å². The van der Waals surface area contributed by atoms with Gasteiger partial charge in [0, 0.05) is 25.7 Å². The summed E-state index contributed by atoms with van der Waals surface area (Å²) in [7, 11) is 0. The summed E-state index contributed by atoms with van der Waals surface area (Å²) in [6.45, 7) is 1.17. The van der Waals surface area contributed by atoms with Gasteiger partial charge in [0.25, 0.3) is 0 Å². The highest BCUT2D eigenvalue weighted by Gasteiger charge is 2.08. The van der Waals surface area contributed by atoms with E-state index in [1.165, 1.54) is 0 Å². The molecule has 0 radical (unpaired) electrons. The lowest BCUT2D eigenvalue weighted by molar-refractivity contribution is -0.147. The number of hydrogen-bond acceptors (Lipinski definition) is 8. The molecule has 1 fully saturated rings. The van der Waals surface area contributed by atoms with E-state index in [0.717, 1.165) is 0 Å². The number of hydrogen-bond donors (Lipinski definition) is 0. The van der Waals surface area contributed by atoms with Crippen LogP contribution in [-0.4, -0.2) is 50.3 Å². The molecule has 0 amide bonds. The molecule has 28 heavy (non-hydrogen) atoms. The van der Waals surface area contributed by atoms with Crippen LogP contribution in [-0.2, 0) is 38.1 Å². The minimum absolute atomic E-state index is 0.271. The molecule has 1 saturated heterocycles. The normalized spacial score (nSPS) is 21.4. The van der Waals surface area contributed by atoms with Crippen molar-refractivity contribution in [3.63, 3.8) is 0 Å². The average Bonchev–Trinajstić information content (AvgIpc) is 2.67. The zero-order chi connectivity index (χ0) is 20.5. The first-order valence-corrected chi connectivity index (χ1v) is 10.2. The van der Waals surface area contributed by atoms with Gasteiger partial charge in [-0.15, -0.1) is 0 Å². The zero-order valence-electron chi connectivity index (χ0n) is 16.6. The smallest absolute Gasteiger partial charge is 0.305 e. The summed E-state index contributed by atoms with van der Waals surface area (Å²) in [4.78, 5) is 46.4. The van der Waals surface area contributed by atoms with Crippen molar-refractivity contribution in [2.75, 3.05) is 26.4 Å². The van der Waals surface area contributed by atoms with Gasteiger partial charge >= 0.3 is 23.9 Å². The first-order valence-electron chi connectivity index (χ1n) is 10.2. The van der Waals surface area contributed by atoms with Gasteiger partial charge in [-0.3, -0.25) is 19.2 Å². The molecule has 0 aliphatic carbocycles. The molecule has 0 aromatic carbocycles. The summed E-state index contributed by atoms with van der Waals surface area (Å²) in [6, 6.07) is 0. The summed E-state index contributed by atoms with van der Waals surface area (Å²) >= 11 is 0. The van der Waals surface area contributed by atoms with E-state index >= 15 is 0 Å². The fourth-order valence-corrected chi connectivity index (χ4v) is 2.52. The third-order valence-electron chi connectivity index (χ3n) is 4.15. The predicted octanol–water partition coefficient (Wildman–Crippen LogP) is 2.85. The zero-order valence-corrected chi connectivity index (χ0v) is 16.6. The molecule has 1 aliphatic heterocycles. The fraction of sp³-hybridized carbons (Fsp3) is 0.800. The molecule has 0 saturated carbocycles. The summed E-state index contributed by atoms with van der Waals surface area (Å²) < 4.78 is 20.4. The molecule has 8 heteroatoms. The Morgan fingerprint density at radius 2 is 0.571 bits per heavy atom. The number of carbonyl (C=O) groups excluding carboxylic acids is 4. The highest BCUT2D eigenvalue weighted by molar-refractivity contribution is 5.71. The Kier molecular flexibility index (Phi) is 13.6. The van der Waals surface area contributed by atoms with Gasteiger partial charge in [0.05, 0.1) is 26.4 Å². The second-order valence-corrected chi connectivity index (χ2v) is 6.71. The maximum Gasteiger partial charge on any atom is 0.305 e. The van der Waals surface area contributed by atoms with Crippen molar-refractivity contribution in [2.24, 2.45) is 0 Å². The summed E-state index contributed by atoms with van der Waals surface area (Å²) in [5, 5.41) is 0. The summed E-state index contributed by atoms with van der Waals surface area (Å²) in [5.74, 6) is -1.13. The van der Waals surface area contributed by atoms with Crippen LogP contribution < -0.4 is 0 Å².